The highest BCUT2D eigenvalue weighted by Crippen LogP contribution is 1.76. The molecule has 0 spiro atoms. The van der Waals surface area contributed by atoms with Gasteiger partial charge in [-0.15, -0.1) is 0 Å². The predicted octanol–water partition coefficient (Wildman–Crippen LogP) is -0.464. The summed E-state index contributed by atoms with van der Waals surface area (Å²) in [7, 11) is 0. The first-order chi connectivity index (χ1) is 6.91. The van der Waals surface area contributed by atoms with Crippen molar-refractivity contribution in [2.45, 2.75) is 0 Å². The van der Waals surface area contributed by atoms with Gasteiger partial charge >= 0.3 is 0 Å². The molecule has 0 saturated carbocycles. The topological polar surface area (TPSA) is 107 Å². The maximum Gasteiger partial charge on any atom is 0.0701 e. The molecule has 0 amide bonds. The van der Waals surface area contributed by atoms with Crippen molar-refractivity contribution < 1.29 is 19.7 Å². The Morgan fingerprint density at radius 1 is 0.714 bits per heavy atom. The van der Waals surface area contributed by atoms with E-state index in [9.17, 15) is 0 Å². The summed E-state index contributed by atoms with van der Waals surface area (Å²) >= 11 is 0. The van der Waals surface area contributed by atoms with E-state index in [-0.39, 0.29) is 13.2 Å². The van der Waals surface area contributed by atoms with E-state index in [2.05, 4.69) is 13.4 Å². The molecular formula is C8H20N2O4. The quantitative estimate of drug-likeness (QED) is 0.335. The molecule has 4 N–H and O–H groups in total. The fraction of sp³-hybridized carbons (Fsp3) is 0.750. The van der Waals surface area contributed by atoms with Crippen LogP contribution in [0.1, 0.15) is 0 Å². The second-order valence-electron chi connectivity index (χ2n) is 1.67. The molecule has 0 heterocycles. The van der Waals surface area contributed by atoms with Crippen molar-refractivity contribution in [3.05, 3.63) is 0 Å². The highest BCUT2D eigenvalue weighted by Gasteiger charge is 1.86. The third-order valence-corrected chi connectivity index (χ3v) is 0.843. The van der Waals surface area contributed by atoms with E-state index in [4.69, 9.17) is 30.5 Å². The van der Waals surface area contributed by atoms with Crippen LogP contribution in [0, 0.1) is 10.8 Å². The molecule has 0 atom stereocenters. The highest BCUT2D eigenvalue weighted by molar-refractivity contribution is 5.16. The number of aliphatic hydroxyl groups excluding tert-OH is 2. The number of rotatable bonds is 7. The van der Waals surface area contributed by atoms with Crippen LogP contribution in [-0.4, -0.2) is 63.3 Å². The molecule has 0 rings (SSSR count). The first-order valence-corrected chi connectivity index (χ1v) is 3.99. The Labute approximate surface area is 84.5 Å². The minimum atomic E-state index is 0.0417. The molecule has 6 heteroatoms. The smallest absolute Gasteiger partial charge is 0.0701 e. The molecule has 86 valence electrons. The van der Waals surface area contributed by atoms with Crippen molar-refractivity contribution in [2.75, 3.05) is 39.6 Å². The first-order valence-electron chi connectivity index (χ1n) is 3.99. The molecule has 0 saturated heterocycles. The summed E-state index contributed by atoms with van der Waals surface area (Å²) in [6, 6.07) is 0. The summed E-state index contributed by atoms with van der Waals surface area (Å²) in [5.41, 5.74) is 0. The van der Waals surface area contributed by atoms with Crippen molar-refractivity contribution in [2.24, 2.45) is 0 Å². The molecule has 0 aromatic rings. The molecule has 0 bridgehead atoms. The van der Waals surface area contributed by atoms with Crippen LogP contribution in [0.4, 0.5) is 0 Å². The average molecular weight is 208 g/mol. The van der Waals surface area contributed by atoms with Crippen LogP contribution in [0.3, 0.4) is 0 Å². The standard InChI is InChI=1S/C6H14O4.2CH3N/c7-1-3-9-5-6-10-4-2-8;2*1-2/h7-8H,1-6H2;2*2H,1H2. The lowest BCUT2D eigenvalue weighted by Crippen LogP contribution is -2.09. The van der Waals surface area contributed by atoms with Gasteiger partial charge in [-0.25, -0.2) is 0 Å². The minimum absolute atomic E-state index is 0.0417. The molecule has 6 nitrogen and oxygen atoms in total. The van der Waals surface area contributed by atoms with Gasteiger partial charge in [0.15, 0.2) is 0 Å². The molecule has 0 radical (unpaired) electrons. The van der Waals surface area contributed by atoms with Crippen molar-refractivity contribution in [3.63, 3.8) is 0 Å². The Balaban J connectivity index is -0.000000266. The zero-order valence-corrected chi connectivity index (χ0v) is 8.37. The van der Waals surface area contributed by atoms with Crippen LogP contribution in [0.25, 0.3) is 0 Å². The van der Waals surface area contributed by atoms with Gasteiger partial charge in [-0.05, 0) is 13.4 Å². The molecule has 0 aromatic heterocycles. The van der Waals surface area contributed by atoms with E-state index in [1.807, 2.05) is 0 Å². The SMILES string of the molecule is C=N.C=N.OCCOCCOCCO. The first kappa shape index (κ1) is 18.9. The van der Waals surface area contributed by atoms with E-state index in [0.29, 0.717) is 26.4 Å². The second kappa shape index (κ2) is 29.5. The van der Waals surface area contributed by atoms with E-state index < -0.39 is 0 Å². The fourth-order valence-electron chi connectivity index (χ4n) is 0.451. The maximum atomic E-state index is 8.26. The molecule has 0 aliphatic heterocycles. The number of ether oxygens (including phenoxy) is 2. The Morgan fingerprint density at radius 3 is 1.21 bits per heavy atom. The van der Waals surface area contributed by atoms with Crippen LogP contribution >= 0.6 is 0 Å². The molecule has 0 aliphatic rings. The lowest BCUT2D eigenvalue weighted by Gasteiger charge is -2.01. The van der Waals surface area contributed by atoms with Gasteiger partial charge in [0.2, 0.25) is 0 Å². The van der Waals surface area contributed by atoms with Gasteiger partial charge in [0.25, 0.3) is 0 Å². The molecule has 0 aromatic carbocycles. The highest BCUT2D eigenvalue weighted by atomic mass is 16.5. The summed E-state index contributed by atoms with van der Waals surface area (Å²) in [4.78, 5) is 0. The van der Waals surface area contributed by atoms with Crippen LogP contribution in [0.2, 0.25) is 0 Å². The van der Waals surface area contributed by atoms with Gasteiger partial charge in [0, 0.05) is 0 Å². The van der Waals surface area contributed by atoms with Gasteiger partial charge in [-0.1, -0.05) is 0 Å². The van der Waals surface area contributed by atoms with E-state index >= 15 is 0 Å². The zero-order chi connectivity index (χ0) is 11.7. The maximum absolute atomic E-state index is 8.26. The van der Waals surface area contributed by atoms with Gasteiger partial charge in [0.05, 0.1) is 39.6 Å². The van der Waals surface area contributed by atoms with Crippen LogP contribution in [0.5, 0.6) is 0 Å². The van der Waals surface area contributed by atoms with Crippen LogP contribution < -0.4 is 0 Å². The lowest BCUT2D eigenvalue weighted by molar-refractivity contribution is 0.0222. The number of hydrogen-bond acceptors (Lipinski definition) is 6. The minimum Gasteiger partial charge on any atom is -0.394 e. The van der Waals surface area contributed by atoms with E-state index in [0.717, 1.165) is 0 Å². The van der Waals surface area contributed by atoms with Gasteiger partial charge in [0.1, 0.15) is 0 Å². The van der Waals surface area contributed by atoms with Gasteiger partial charge in [-0.2, -0.15) is 0 Å². The molecule has 0 unspecified atom stereocenters. The molecule has 14 heavy (non-hydrogen) atoms. The molecule has 0 aliphatic carbocycles. The van der Waals surface area contributed by atoms with E-state index in [1.54, 1.807) is 0 Å². The number of hydrogen-bond donors (Lipinski definition) is 4. The lowest BCUT2D eigenvalue weighted by atomic mass is 10.7. The Kier molecular flexibility index (Phi) is 39.8. The Hall–Kier alpha value is -0.820. The van der Waals surface area contributed by atoms with Crippen LogP contribution in [-0.2, 0) is 9.47 Å². The number of nitrogens with one attached hydrogen (secondary N) is 2. The van der Waals surface area contributed by atoms with E-state index in [1.165, 1.54) is 0 Å². The summed E-state index contributed by atoms with van der Waals surface area (Å²) in [5, 5.41) is 27.5. The summed E-state index contributed by atoms with van der Waals surface area (Å²) in [6.45, 7) is 6.73. The Bertz CT molecular complexity index is 75.7. The normalized spacial score (nSPS) is 7.86. The fourth-order valence-corrected chi connectivity index (χ4v) is 0.451. The molecule has 0 fully saturated rings. The average Bonchev–Trinajstić information content (AvgIpc) is 2.29. The van der Waals surface area contributed by atoms with Crippen molar-refractivity contribution in [3.8, 4) is 0 Å². The zero-order valence-electron chi connectivity index (χ0n) is 8.37. The van der Waals surface area contributed by atoms with Crippen molar-refractivity contribution >= 4 is 13.4 Å². The Morgan fingerprint density at radius 2 is 1.00 bits per heavy atom. The number of aliphatic hydroxyl groups is 2. The summed E-state index contributed by atoms with van der Waals surface area (Å²) < 4.78 is 9.75. The van der Waals surface area contributed by atoms with Crippen LogP contribution in [0.15, 0.2) is 0 Å². The predicted molar refractivity (Wildman–Crippen MR) is 55.5 cm³/mol. The van der Waals surface area contributed by atoms with Crippen molar-refractivity contribution in [1.82, 2.24) is 0 Å². The monoisotopic (exact) mass is 208 g/mol. The van der Waals surface area contributed by atoms with Gasteiger partial charge < -0.3 is 30.5 Å². The third kappa shape index (κ3) is 30.3. The van der Waals surface area contributed by atoms with Crippen molar-refractivity contribution in [1.29, 1.82) is 10.8 Å². The second-order valence-corrected chi connectivity index (χ2v) is 1.67. The summed E-state index contributed by atoms with van der Waals surface area (Å²) in [5.74, 6) is 0. The van der Waals surface area contributed by atoms with Gasteiger partial charge in [-0.3, -0.25) is 0 Å². The molecular weight excluding hydrogens is 188 g/mol. The third-order valence-electron chi connectivity index (χ3n) is 0.843. The largest absolute Gasteiger partial charge is 0.394 e. The summed E-state index contributed by atoms with van der Waals surface area (Å²) in [6.07, 6.45) is 0.